The molecule has 0 spiro atoms. The minimum Gasteiger partial charge on any atom is -0.467 e. The van der Waals surface area contributed by atoms with Crippen molar-refractivity contribution in [1.29, 1.82) is 0 Å². The van der Waals surface area contributed by atoms with Gasteiger partial charge in [0.2, 0.25) is 0 Å². The van der Waals surface area contributed by atoms with Gasteiger partial charge in [-0.3, -0.25) is 0 Å². The number of nitrogens with zero attached hydrogens (tertiary/aromatic N) is 1. The minimum absolute atomic E-state index is 0.153. The highest BCUT2D eigenvalue weighted by Gasteiger charge is 2.47. The van der Waals surface area contributed by atoms with E-state index in [-0.39, 0.29) is 19.5 Å². The zero-order valence-corrected chi connectivity index (χ0v) is 12.2. The van der Waals surface area contributed by atoms with Crippen molar-refractivity contribution in [3.63, 3.8) is 0 Å². The van der Waals surface area contributed by atoms with Gasteiger partial charge < -0.3 is 19.5 Å². The molecule has 1 heterocycles. The minimum atomic E-state index is -1.52. The van der Waals surface area contributed by atoms with E-state index in [1.807, 2.05) is 0 Å². The zero-order chi connectivity index (χ0) is 14.8. The van der Waals surface area contributed by atoms with Crippen LogP contribution >= 0.6 is 0 Å². The molecule has 6 nitrogen and oxygen atoms in total. The molecular formula is C13H23NO5. The van der Waals surface area contributed by atoms with Gasteiger partial charge in [-0.15, -0.1) is 0 Å². The number of hydrogen-bond acceptors (Lipinski definition) is 5. The molecule has 1 aliphatic heterocycles. The predicted octanol–water partition coefficient (Wildman–Crippen LogP) is 1.17. The highest BCUT2D eigenvalue weighted by Crippen LogP contribution is 2.29. The number of esters is 1. The maximum absolute atomic E-state index is 11.9. The number of methoxy groups -OCH3 is 1. The summed E-state index contributed by atoms with van der Waals surface area (Å²) in [6, 6.07) is 0. The smallest absolute Gasteiger partial charge is 0.410 e. The summed E-state index contributed by atoms with van der Waals surface area (Å²) in [6.07, 6.45) is -0.272. The number of likely N-dealkylation sites (tertiary alicyclic amines) is 1. The lowest BCUT2D eigenvalue weighted by Gasteiger charge is -2.41. The van der Waals surface area contributed by atoms with Gasteiger partial charge in [-0.25, -0.2) is 9.59 Å². The summed E-state index contributed by atoms with van der Waals surface area (Å²) in [6.45, 7) is 7.63. The molecule has 0 saturated carbocycles. The lowest BCUT2D eigenvalue weighted by Crippen LogP contribution is -2.57. The number of hydrogen-bond donors (Lipinski definition) is 1. The molecule has 1 amide bonds. The Morgan fingerprint density at radius 3 is 2.37 bits per heavy atom. The molecule has 1 fully saturated rings. The van der Waals surface area contributed by atoms with Crippen molar-refractivity contribution >= 4 is 12.1 Å². The van der Waals surface area contributed by atoms with Crippen LogP contribution in [0, 0.1) is 5.92 Å². The molecule has 1 N–H and O–H groups in total. The largest absolute Gasteiger partial charge is 0.467 e. The lowest BCUT2D eigenvalue weighted by atomic mass is 9.82. The number of carbonyl (C=O) groups excluding carboxylic acids is 2. The van der Waals surface area contributed by atoms with Crippen molar-refractivity contribution in [2.45, 2.75) is 45.3 Å². The standard InChI is InChI=1S/C13H23NO5/c1-9-8-14(11(16)19-12(2,3)4)7-6-13(9,17)10(15)18-5/h9,17H,6-8H2,1-5H3. The summed E-state index contributed by atoms with van der Waals surface area (Å²) >= 11 is 0. The molecular weight excluding hydrogens is 250 g/mol. The number of rotatable bonds is 1. The fourth-order valence-corrected chi connectivity index (χ4v) is 2.10. The van der Waals surface area contributed by atoms with E-state index in [1.165, 1.54) is 12.0 Å². The number of carbonyl (C=O) groups is 2. The van der Waals surface area contributed by atoms with Gasteiger partial charge in [0, 0.05) is 25.4 Å². The first-order valence-electron chi connectivity index (χ1n) is 6.39. The van der Waals surface area contributed by atoms with Crippen molar-refractivity contribution in [1.82, 2.24) is 4.90 Å². The average Bonchev–Trinajstić information content (AvgIpc) is 2.29. The van der Waals surface area contributed by atoms with Crippen LogP contribution in [0.15, 0.2) is 0 Å². The fourth-order valence-electron chi connectivity index (χ4n) is 2.10. The van der Waals surface area contributed by atoms with Crippen LogP contribution in [0.4, 0.5) is 4.79 Å². The van der Waals surface area contributed by atoms with Gasteiger partial charge in [-0.2, -0.15) is 0 Å². The zero-order valence-electron chi connectivity index (χ0n) is 12.2. The van der Waals surface area contributed by atoms with E-state index in [0.29, 0.717) is 0 Å². The van der Waals surface area contributed by atoms with E-state index in [2.05, 4.69) is 4.74 Å². The van der Waals surface area contributed by atoms with Gasteiger partial charge >= 0.3 is 12.1 Å². The monoisotopic (exact) mass is 273 g/mol. The number of ether oxygens (including phenoxy) is 2. The van der Waals surface area contributed by atoms with E-state index in [9.17, 15) is 14.7 Å². The highest BCUT2D eigenvalue weighted by molar-refractivity contribution is 5.80. The van der Waals surface area contributed by atoms with Crippen LogP contribution in [0.1, 0.15) is 34.1 Å². The Morgan fingerprint density at radius 2 is 1.95 bits per heavy atom. The lowest BCUT2D eigenvalue weighted by molar-refractivity contribution is -0.174. The van der Waals surface area contributed by atoms with Gasteiger partial charge in [0.15, 0.2) is 5.60 Å². The highest BCUT2D eigenvalue weighted by atomic mass is 16.6. The molecule has 0 aromatic heterocycles. The molecule has 0 radical (unpaired) electrons. The summed E-state index contributed by atoms with van der Waals surface area (Å²) in [4.78, 5) is 25.0. The Labute approximate surface area is 113 Å². The quantitative estimate of drug-likeness (QED) is 0.726. The summed E-state index contributed by atoms with van der Waals surface area (Å²) in [5.74, 6) is -1.05. The van der Waals surface area contributed by atoms with E-state index < -0.39 is 29.2 Å². The third-order valence-electron chi connectivity index (χ3n) is 3.26. The molecule has 0 aromatic carbocycles. The maximum atomic E-state index is 11.9. The van der Waals surface area contributed by atoms with Crippen LogP contribution < -0.4 is 0 Å². The first kappa shape index (κ1) is 15.8. The van der Waals surface area contributed by atoms with Crippen LogP contribution in [0.25, 0.3) is 0 Å². The first-order valence-corrected chi connectivity index (χ1v) is 6.39. The second-order valence-corrected chi connectivity index (χ2v) is 5.99. The van der Waals surface area contributed by atoms with Gasteiger partial charge in [-0.1, -0.05) is 6.92 Å². The molecule has 1 rings (SSSR count). The second-order valence-electron chi connectivity index (χ2n) is 5.99. The third-order valence-corrected chi connectivity index (χ3v) is 3.26. The van der Waals surface area contributed by atoms with Crippen LogP contribution in [0.3, 0.4) is 0 Å². The molecule has 2 unspecified atom stereocenters. The molecule has 0 aromatic rings. The number of amides is 1. The van der Waals surface area contributed by atoms with E-state index in [0.717, 1.165) is 0 Å². The molecule has 1 aliphatic rings. The first-order chi connectivity index (χ1) is 8.60. The van der Waals surface area contributed by atoms with Crippen LogP contribution in [0.5, 0.6) is 0 Å². The van der Waals surface area contributed by atoms with Crippen LogP contribution in [-0.4, -0.2) is 53.5 Å². The van der Waals surface area contributed by atoms with Gasteiger partial charge in [0.25, 0.3) is 0 Å². The Morgan fingerprint density at radius 1 is 1.37 bits per heavy atom. The Bertz CT molecular complexity index is 363. The summed E-state index contributed by atoms with van der Waals surface area (Å²) < 4.78 is 9.89. The number of aliphatic hydroxyl groups is 1. The molecule has 2 atom stereocenters. The van der Waals surface area contributed by atoms with Crippen molar-refractivity contribution in [3.05, 3.63) is 0 Å². The molecule has 1 saturated heterocycles. The van der Waals surface area contributed by atoms with Crippen molar-refractivity contribution in [2.24, 2.45) is 5.92 Å². The fraction of sp³-hybridized carbons (Fsp3) is 0.846. The van der Waals surface area contributed by atoms with Crippen LogP contribution in [0.2, 0.25) is 0 Å². The van der Waals surface area contributed by atoms with E-state index in [4.69, 9.17) is 4.74 Å². The third kappa shape index (κ3) is 3.59. The Balaban J connectivity index is 2.69. The van der Waals surface area contributed by atoms with Crippen LogP contribution in [-0.2, 0) is 14.3 Å². The average molecular weight is 273 g/mol. The predicted molar refractivity (Wildman–Crippen MR) is 68.6 cm³/mol. The van der Waals surface area contributed by atoms with Crippen molar-refractivity contribution in [2.75, 3.05) is 20.2 Å². The van der Waals surface area contributed by atoms with E-state index in [1.54, 1.807) is 27.7 Å². The van der Waals surface area contributed by atoms with Gasteiger partial charge in [0.1, 0.15) is 5.60 Å². The molecule has 0 bridgehead atoms. The molecule has 110 valence electrons. The normalized spacial score (nSPS) is 27.9. The van der Waals surface area contributed by atoms with E-state index >= 15 is 0 Å². The molecule has 0 aliphatic carbocycles. The topological polar surface area (TPSA) is 76.1 Å². The van der Waals surface area contributed by atoms with Crippen molar-refractivity contribution < 1.29 is 24.2 Å². The summed E-state index contributed by atoms with van der Waals surface area (Å²) in [7, 11) is 1.24. The SMILES string of the molecule is COC(=O)C1(O)CCN(C(=O)OC(C)(C)C)CC1C. The Kier molecular flexibility index (Phi) is 4.45. The summed E-state index contributed by atoms with van der Waals surface area (Å²) in [5, 5.41) is 10.3. The molecule has 6 heteroatoms. The maximum Gasteiger partial charge on any atom is 0.410 e. The van der Waals surface area contributed by atoms with Crippen molar-refractivity contribution in [3.8, 4) is 0 Å². The molecule has 19 heavy (non-hydrogen) atoms. The van der Waals surface area contributed by atoms with Gasteiger partial charge in [0.05, 0.1) is 7.11 Å². The number of piperidine rings is 1. The Hall–Kier alpha value is -1.30. The second kappa shape index (κ2) is 5.36. The summed E-state index contributed by atoms with van der Waals surface area (Å²) in [5.41, 5.74) is -2.08. The van der Waals surface area contributed by atoms with Gasteiger partial charge in [-0.05, 0) is 20.8 Å².